The Labute approximate surface area is 189 Å². The standard InChI is InChI=1S/C23H32N6O3/c1-4-28(20-9-6-5-7-10-20)16-8-15-24-23(26-18-22(30)27(2)3)25-17-19-11-13-21(14-12-19)29(31)32/h5-7,9-14H,4,8,15-18H2,1-3H3,(H2,24,25,26). The van der Waals surface area contributed by atoms with E-state index in [4.69, 9.17) is 0 Å². The maximum absolute atomic E-state index is 11.9. The van der Waals surface area contributed by atoms with E-state index in [0.717, 1.165) is 25.1 Å². The summed E-state index contributed by atoms with van der Waals surface area (Å²) >= 11 is 0. The van der Waals surface area contributed by atoms with Gasteiger partial charge in [-0.2, -0.15) is 0 Å². The summed E-state index contributed by atoms with van der Waals surface area (Å²) in [5.41, 5.74) is 2.08. The van der Waals surface area contributed by atoms with Crippen LogP contribution in [0.15, 0.2) is 59.6 Å². The largest absolute Gasteiger partial charge is 0.372 e. The third kappa shape index (κ3) is 8.25. The van der Waals surface area contributed by atoms with Crippen LogP contribution in [-0.2, 0) is 11.3 Å². The van der Waals surface area contributed by atoms with Crippen LogP contribution in [0.1, 0.15) is 18.9 Å². The Balaban J connectivity index is 1.93. The molecule has 2 aromatic carbocycles. The average Bonchev–Trinajstić information content (AvgIpc) is 2.80. The number of hydrogen-bond acceptors (Lipinski definition) is 5. The Hall–Kier alpha value is -3.62. The lowest BCUT2D eigenvalue weighted by molar-refractivity contribution is -0.384. The van der Waals surface area contributed by atoms with E-state index in [-0.39, 0.29) is 18.1 Å². The van der Waals surface area contributed by atoms with E-state index in [2.05, 4.69) is 39.6 Å². The molecule has 0 heterocycles. The zero-order valence-corrected chi connectivity index (χ0v) is 19.0. The predicted molar refractivity (Wildman–Crippen MR) is 128 cm³/mol. The average molecular weight is 441 g/mol. The minimum atomic E-state index is -0.427. The molecule has 0 atom stereocenters. The van der Waals surface area contributed by atoms with Gasteiger partial charge in [0.05, 0.1) is 18.0 Å². The lowest BCUT2D eigenvalue weighted by Gasteiger charge is -2.23. The number of anilines is 1. The molecule has 32 heavy (non-hydrogen) atoms. The fourth-order valence-corrected chi connectivity index (χ4v) is 2.97. The second kappa shape index (κ2) is 12.9. The van der Waals surface area contributed by atoms with Crippen LogP contribution in [0, 0.1) is 10.1 Å². The molecule has 9 heteroatoms. The Morgan fingerprint density at radius 3 is 2.34 bits per heavy atom. The van der Waals surface area contributed by atoms with Crippen LogP contribution >= 0.6 is 0 Å². The maximum atomic E-state index is 11.9. The molecule has 0 radical (unpaired) electrons. The molecule has 0 fully saturated rings. The number of aliphatic imine (C=N–C) groups is 1. The van der Waals surface area contributed by atoms with Crippen molar-refractivity contribution in [2.24, 2.45) is 4.99 Å². The fourth-order valence-electron chi connectivity index (χ4n) is 2.97. The van der Waals surface area contributed by atoms with E-state index in [9.17, 15) is 14.9 Å². The van der Waals surface area contributed by atoms with Crippen molar-refractivity contribution < 1.29 is 9.72 Å². The zero-order valence-electron chi connectivity index (χ0n) is 19.0. The molecular weight excluding hydrogens is 408 g/mol. The number of para-hydroxylation sites is 1. The normalized spacial score (nSPS) is 11.0. The van der Waals surface area contributed by atoms with E-state index in [1.165, 1.54) is 22.7 Å². The molecule has 2 aromatic rings. The first kappa shape index (κ1) is 24.6. The number of carbonyl (C=O) groups is 1. The number of hydrogen-bond donors (Lipinski definition) is 2. The van der Waals surface area contributed by atoms with Gasteiger partial charge in [0.2, 0.25) is 5.91 Å². The van der Waals surface area contributed by atoms with Gasteiger partial charge >= 0.3 is 0 Å². The molecule has 2 N–H and O–H groups in total. The van der Waals surface area contributed by atoms with Crippen LogP contribution in [0.4, 0.5) is 11.4 Å². The van der Waals surface area contributed by atoms with E-state index in [1.54, 1.807) is 26.2 Å². The quantitative estimate of drug-likeness (QED) is 0.183. The summed E-state index contributed by atoms with van der Waals surface area (Å²) in [6.07, 6.45) is 0.891. The highest BCUT2D eigenvalue weighted by Gasteiger charge is 2.08. The smallest absolute Gasteiger partial charge is 0.269 e. The van der Waals surface area contributed by atoms with Gasteiger partial charge in [0.15, 0.2) is 5.96 Å². The fraction of sp³-hybridized carbons (Fsp3) is 0.391. The van der Waals surface area contributed by atoms with Gasteiger partial charge in [0.1, 0.15) is 0 Å². The van der Waals surface area contributed by atoms with Crippen LogP contribution in [0.3, 0.4) is 0 Å². The first-order valence-electron chi connectivity index (χ1n) is 10.7. The van der Waals surface area contributed by atoms with Gasteiger partial charge in [0, 0.05) is 51.5 Å². The minimum Gasteiger partial charge on any atom is -0.372 e. The number of nitrogens with one attached hydrogen (secondary N) is 2. The lowest BCUT2D eigenvalue weighted by Crippen LogP contribution is -2.43. The number of guanidine groups is 1. The number of amides is 1. The molecule has 172 valence electrons. The molecule has 0 saturated heterocycles. The van der Waals surface area contributed by atoms with E-state index in [0.29, 0.717) is 19.0 Å². The molecule has 0 aliphatic rings. The minimum absolute atomic E-state index is 0.0460. The number of benzene rings is 2. The monoisotopic (exact) mass is 440 g/mol. The summed E-state index contributed by atoms with van der Waals surface area (Å²) in [6, 6.07) is 16.6. The van der Waals surface area contributed by atoms with Crippen LogP contribution in [0.2, 0.25) is 0 Å². The van der Waals surface area contributed by atoms with Crippen LogP contribution < -0.4 is 15.5 Å². The first-order valence-corrected chi connectivity index (χ1v) is 10.7. The highest BCUT2D eigenvalue weighted by atomic mass is 16.6. The number of rotatable bonds is 11. The molecule has 0 aromatic heterocycles. The summed E-state index contributed by atoms with van der Waals surface area (Å²) in [4.78, 5) is 30.7. The van der Waals surface area contributed by atoms with Crippen LogP contribution in [0.5, 0.6) is 0 Å². The topological polar surface area (TPSA) is 103 Å². The van der Waals surface area contributed by atoms with Gasteiger partial charge in [-0.25, -0.2) is 4.99 Å². The Morgan fingerprint density at radius 1 is 1.06 bits per heavy atom. The van der Waals surface area contributed by atoms with Crippen molar-refractivity contribution in [3.05, 3.63) is 70.3 Å². The number of carbonyl (C=O) groups excluding carboxylic acids is 1. The number of nitro benzene ring substituents is 1. The second-order valence-electron chi connectivity index (χ2n) is 7.43. The maximum Gasteiger partial charge on any atom is 0.269 e. The van der Waals surface area contributed by atoms with E-state index >= 15 is 0 Å². The number of nitrogens with zero attached hydrogens (tertiary/aromatic N) is 4. The van der Waals surface area contributed by atoms with Crippen molar-refractivity contribution in [2.75, 3.05) is 45.2 Å². The molecule has 0 bridgehead atoms. The van der Waals surface area contributed by atoms with Crippen molar-refractivity contribution in [3.8, 4) is 0 Å². The molecule has 0 unspecified atom stereocenters. The summed E-state index contributed by atoms with van der Waals surface area (Å²) in [5.74, 6) is 0.470. The number of likely N-dealkylation sites (N-methyl/N-ethyl adjacent to an activating group) is 1. The molecule has 0 saturated carbocycles. The molecule has 0 aliphatic carbocycles. The Kier molecular flexibility index (Phi) is 9.96. The molecule has 2 rings (SSSR count). The van der Waals surface area contributed by atoms with Gasteiger partial charge in [0.25, 0.3) is 5.69 Å². The predicted octanol–water partition coefficient (Wildman–Crippen LogP) is 2.63. The molecule has 1 amide bonds. The van der Waals surface area contributed by atoms with Crippen LogP contribution in [-0.4, -0.2) is 62.0 Å². The zero-order chi connectivity index (χ0) is 23.3. The van der Waals surface area contributed by atoms with Gasteiger partial charge in [-0.05, 0) is 31.0 Å². The Bertz CT molecular complexity index is 884. The lowest BCUT2D eigenvalue weighted by atomic mass is 10.2. The van der Waals surface area contributed by atoms with Crippen molar-refractivity contribution in [2.45, 2.75) is 19.9 Å². The summed E-state index contributed by atoms with van der Waals surface area (Å²) < 4.78 is 0. The molecular formula is C23H32N6O3. The second-order valence-corrected chi connectivity index (χ2v) is 7.43. The SMILES string of the molecule is CCN(CCCNC(=NCc1ccc([N+](=O)[O-])cc1)NCC(=O)N(C)C)c1ccccc1. The molecule has 0 aliphatic heterocycles. The summed E-state index contributed by atoms with van der Waals surface area (Å²) in [7, 11) is 3.40. The van der Waals surface area contributed by atoms with E-state index < -0.39 is 4.92 Å². The third-order valence-electron chi connectivity index (χ3n) is 4.87. The van der Waals surface area contributed by atoms with Gasteiger partial charge in [-0.3, -0.25) is 14.9 Å². The summed E-state index contributed by atoms with van der Waals surface area (Å²) in [6.45, 7) is 5.09. The number of non-ortho nitro benzene ring substituents is 1. The third-order valence-corrected chi connectivity index (χ3v) is 4.87. The van der Waals surface area contributed by atoms with Gasteiger partial charge in [-0.1, -0.05) is 30.3 Å². The highest BCUT2D eigenvalue weighted by molar-refractivity contribution is 5.86. The van der Waals surface area contributed by atoms with Crippen molar-refractivity contribution in [3.63, 3.8) is 0 Å². The van der Waals surface area contributed by atoms with Crippen molar-refractivity contribution >= 4 is 23.2 Å². The Morgan fingerprint density at radius 2 is 1.75 bits per heavy atom. The van der Waals surface area contributed by atoms with Crippen molar-refractivity contribution in [1.29, 1.82) is 0 Å². The van der Waals surface area contributed by atoms with E-state index in [1.807, 2.05) is 18.2 Å². The highest BCUT2D eigenvalue weighted by Crippen LogP contribution is 2.13. The molecule has 9 nitrogen and oxygen atoms in total. The first-order chi connectivity index (χ1) is 15.4. The molecule has 0 spiro atoms. The van der Waals surface area contributed by atoms with Gasteiger partial charge in [-0.15, -0.1) is 0 Å². The van der Waals surface area contributed by atoms with Crippen LogP contribution in [0.25, 0.3) is 0 Å². The van der Waals surface area contributed by atoms with Crippen molar-refractivity contribution in [1.82, 2.24) is 15.5 Å². The van der Waals surface area contributed by atoms with Gasteiger partial charge < -0.3 is 20.4 Å². The summed E-state index contributed by atoms with van der Waals surface area (Å²) in [5, 5.41) is 17.1. The number of nitro groups is 1.